The Hall–Kier alpha value is -1.75. The van der Waals surface area contributed by atoms with Crippen molar-refractivity contribution in [3.63, 3.8) is 0 Å². The number of esters is 1. The lowest BCUT2D eigenvalue weighted by Gasteiger charge is -2.11. The normalized spacial score (nSPS) is 11.9. The van der Waals surface area contributed by atoms with Gasteiger partial charge < -0.3 is 20.3 Å². The van der Waals surface area contributed by atoms with Crippen LogP contribution in [0.15, 0.2) is 18.2 Å². The molecule has 0 heterocycles. The Morgan fingerprint density at radius 1 is 1.53 bits per heavy atom. The van der Waals surface area contributed by atoms with Gasteiger partial charge in [0.05, 0.1) is 13.7 Å². The quantitative estimate of drug-likeness (QED) is 0.744. The molecule has 0 aromatic heterocycles. The third-order valence-electron chi connectivity index (χ3n) is 2.29. The first kappa shape index (κ1) is 13.3. The Kier molecular flexibility index (Phi) is 4.78. The van der Waals surface area contributed by atoms with Crippen LogP contribution in [-0.2, 0) is 16.0 Å². The molecule has 1 aromatic carbocycles. The van der Waals surface area contributed by atoms with Crippen molar-refractivity contribution < 1.29 is 19.4 Å². The molecule has 0 radical (unpaired) electrons. The fraction of sp³-hybridized carbons (Fsp3) is 0.417. The van der Waals surface area contributed by atoms with Crippen molar-refractivity contribution in [2.45, 2.75) is 19.4 Å². The van der Waals surface area contributed by atoms with E-state index < -0.39 is 12.0 Å². The van der Waals surface area contributed by atoms with Crippen LogP contribution in [0.1, 0.15) is 12.5 Å². The number of benzene rings is 1. The van der Waals surface area contributed by atoms with Crippen LogP contribution in [0, 0.1) is 0 Å². The molecule has 5 heteroatoms. The minimum absolute atomic E-state index is 0.0564. The molecule has 1 aromatic rings. The number of hydrogen-bond donors (Lipinski definition) is 2. The molecular formula is C12H17NO4. The lowest BCUT2D eigenvalue weighted by molar-refractivity contribution is -0.144. The van der Waals surface area contributed by atoms with Crippen LogP contribution in [0.5, 0.6) is 11.5 Å². The Labute approximate surface area is 100 Å². The van der Waals surface area contributed by atoms with Crippen molar-refractivity contribution in [3.8, 4) is 11.5 Å². The summed E-state index contributed by atoms with van der Waals surface area (Å²) < 4.78 is 9.78. The van der Waals surface area contributed by atoms with Gasteiger partial charge in [-0.05, 0) is 31.0 Å². The van der Waals surface area contributed by atoms with Gasteiger partial charge in [-0.2, -0.15) is 0 Å². The molecular weight excluding hydrogens is 222 g/mol. The second-order valence-corrected chi connectivity index (χ2v) is 3.57. The second kappa shape index (κ2) is 6.10. The lowest BCUT2D eigenvalue weighted by Crippen LogP contribution is -2.34. The molecule has 1 atom stereocenters. The predicted octanol–water partition coefficient (Wildman–Crippen LogP) is 0.834. The van der Waals surface area contributed by atoms with Gasteiger partial charge in [-0.25, -0.2) is 0 Å². The molecule has 5 nitrogen and oxygen atoms in total. The number of methoxy groups -OCH3 is 1. The molecule has 0 aliphatic rings. The van der Waals surface area contributed by atoms with Crippen LogP contribution in [0.2, 0.25) is 0 Å². The average Bonchev–Trinajstić information content (AvgIpc) is 2.31. The van der Waals surface area contributed by atoms with Gasteiger partial charge in [0.1, 0.15) is 6.04 Å². The largest absolute Gasteiger partial charge is 0.504 e. The van der Waals surface area contributed by atoms with Crippen LogP contribution >= 0.6 is 0 Å². The van der Waals surface area contributed by atoms with E-state index in [2.05, 4.69) is 0 Å². The summed E-state index contributed by atoms with van der Waals surface area (Å²) in [5.41, 5.74) is 6.49. The Bertz CT molecular complexity index is 392. The molecule has 0 bridgehead atoms. The fourth-order valence-corrected chi connectivity index (χ4v) is 1.44. The van der Waals surface area contributed by atoms with Gasteiger partial charge in [-0.3, -0.25) is 4.79 Å². The summed E-state index contributed by atoms with van der Waals surface area (Å²) in [4.78, 5) is 11.3. The minimum Gasteiger partial charge on any atom is -0.504 e. The van der Waals surface area contributed by atoms with Crippen LogP contribution in [0.4, 0.5) is 0 Å². The number of ether oxygens (including phenoxy) is 2. The summed E-state index contributed by atoms with van der Waals surface area (Å²) in [5.74, 6) is -0.0148. The van der Waals surface area contributed by atoms with Crippen molar-refractivity contribution in [3.05, 3.63) is 23.8 Å². The maximum Gasteiger partial charge on any atom is 0.323 e. The molecule has 0 amide bonds. The van der Waals surface area contributed by atoms with E-state index in [1.165, 1.54) is 13.2 Å². The third kappa shape index (κ3) is 3.64. The summed E-state index contributed by atoms with van der Waals surface area (Å²) >= 11 is 0. The number of rotatable bonds is 5. The van der Waals surface area contributed by atoms with Gasteiger partial charge >= 0.3 is 5.97 Å². The van der Waals surface area contributed by atoms with Crippen LogP contribution in [0.3, 0.4) is 0 Å². The zero-order valence-electron chi connectivity index (χ0n) is 9.97. The van der Waals surface area contributed by atoms with E-state index in [1.54, 1.807) is 19.1 Å². The first-order valence-corrected chi connectivity index (χ1v) is 5.36. The smallest absolute Gasteiger partial charge is 0.323 e. The maximum absolute atomic E-state index is 11.3. The molecule has 3 N–H and O–H groups in total. The van der Waals surface area contributed by atoms with E-state index in [0.29, 0.717) is 18.8 Å². The van der Waals surface area contributed by atoms with Gasteiger partial charge in [0.2, 0.25) is 0 Å². The van der Waals surface area contributed by atoms with Gasteiger partial charge in [-0.1, -0.05) is 6.07 Å². The van der Waals surface area contributed by atoms with Crippen molar-refractivity contribution in [1.29, 1.82) is 0 Å². The SMILES string of the molecule is CCOC(=O)[C@H](N)Cc1ccc(O)c(OC)c1. The summed E-state index contributed by atoms with van der Waals surface area (Å²) in [6, 6.07) is 4.14. The molecule has 0 aliphatic heterocycles. The number of phenolic OH excluding ortho intramolecular Hbond substituents is 1. The Morgan fingerprint density at radius 2 is 2.24 bits per heavy atom. The van der Waals surface area contributed by atoms with Gasteiger partial charge in [0.15, 0.2) is 11.5 Å². The molecule has 94 valence electrons. The highest BCUT2D eigenvalue weighted by Gasteiger charge is 2.15. The predicted molar refractivity (Wildman–Crippen MR) is 63.0 cm³/mol. The van der Waals surface area contributed by atoms with E-state index in [0.717, 1.165) is 5.56 Å². The fourth-order valence-electron chi connectivity index (χ4n) is 1.44. The first-order valence-electron chi connectivity index (χ1n) is 5.36. The van der Waals surface area contributed by atoms with E-state index in [1.807, 2.05) is 0 Å². The zero-order chi connectivity index (χ0) is 12.8. The van der Waals surface area contributed by atoms with Crippen LogP contribution < -0.4 is 10.5 Å². The highest BCUT2D eigenvalue weighted by atomic mass is 16.5. The van der Waals surface area contributed by atoms with Crippen LogP contribution in [0.25, 0.3) is 0 Å². The monoisotopic (exact) mass is 239 g/mol. The zero-order valence-corrected chi connectivity index (χ0v) is 9.97. The third-order valence-corrected chi connectivity index (χ3v) is 2.29. The molecule has 0 fully saturated rings. The molecule has 0 spiro atoms. The molecule has 0 aliphatic carbocycles. The van der Waals surface area contributed by atoms with Crippen molar-refractivity contribution in [2.24, 2.45) is 5.73 Å². The Morgan fingerprint density at radius 3 is 2.82 bits per heavy atom. The first-order chi connectivity index (χ1) is 8.08. The Balaban J connectivity index is 2.71. The summed E-state index contributed by atoms with van der Waals surface area (Å²) in [5, 5.41) is 9.41. The molecule has 1 rings (SSSR count). The van der Waals surface area contributed by atoms with Gasteiger partial charge in [-0.15, -0.1) is 0 Å². The second-order valence-electron chi connectivity index (χ2n) is 3.57. The van der Waals surface area contributed by atoms with Crippen LogP contribution in [-0.4, -0.2) is 30.8 Å². The minimum atomic E-state index is -0.704. The van der Waals surface area contributed by atoms with Crippen molar-refractivity contribution in [2.75, 3.05) is 13.7 Å². The number of carbonyl (C=O) groups is 1. The highest BCUT2D eigenvalue weighted by molar-refractivity contribution is 5.75. The van der Waals surface area contributed by atoms with E-state index >= 15 is 0 Å². The summed E-state index contributed by atoms with van der Waals surface area (Å²) in [6.07, 6.45) is 0.343. The topological polar surface area (TPSA) is 81.8 Å². The number of aromatic hydroxyl groups is 1. The summed E-state index contributed by atoms with van der Waals surface area (Å²) in [6.45, 7) is 2.04. The number of carbonyl (C=O) groups excluding carboxylic acids is 1. The number of nitrogens with two attached hydrogens (primary N) is 1. The standard InChI is InChI=1S/C12H17NO4/c1-3-17-12(15)9(13)6-8-4-5-10(14)11(7-8)16-2/h4-5,7,9,14H,3,6,13H2,1-2H3/t9-/m1/s1. The van der Waals surface area contributed by atoms with Crippen molar-refractivity contribution in [1.82, 2.24) is 0 Å². The number of phenols is 1. The van der Waals surface area contributed by atoms with E-state index in [9.17, 15) is 9.90 Å². The maximum atomic E-state index is 11.3. The highest BCUT2D eigenvalue weighted by Crippen LogP contribution is 2.26. The molecule has 0 unspecified atom stereocenters. The van der Waals surface area contributed by atoms with E-state index in [4.69, 9.17) is 15.2 Å². The number of hydrogen-bond acceptors (Lipinski definition) is 5. The molecule has 17 heavy (non-hydrogen) atoms. The van der Waals surface area contributed by atoms with Crippen molar-refractivity contribution >= 4 is 5.97 Å². The summed E-state index contributed by atoms with van der Waals surface area (Å²) in [7, 11) is 1.46. The van der Waals surface area contributed by atoms with E-state index in [-0.39, 0.29) is 5.75 Å². The lowest BCUT2D eigenvalue weighted by atomic mass is 10.1. The molecule has 0 saturated carbocycles. The average molecular weight is 239 g/mol. The van der Waals surface area contributed by atoms with Gasteiger partial charge in [0.25, 0.3) is 0 Å². The molecule has 0 saturated heterocycles. The van der Waals surface area contributed by atoms with Gasteiger partial charge in [0, 0.05) is 0 Å².